The summed E-state index contributed by atoms with van der Waals surface area (Å²) in [6.07, 6.45) is 2.23. The number of hydrogen-bond donors (Lipinski definition) is 1. The SMILES string of the molecule is CS(=O)(=O)c1cnc(N)nc1-c1ccc(Cl)cc1Cl. The molecule has 2 rings (SSSR count). The Balaban J connectivity index is 2.77. The molecule has 0 spiro atoms. The molecule has 2 aromatic rings. The summed E-state index contributed by atoms with van der Waals surface area (Å²) in [7, 11) is -3.50. The highest BCUT2D eigenvalue weighted by molar-refractivity contribution is 7.90. The van der Waals surface area contributed by atoms with E-state index in [1.807, 2.05) is 0 Å². The zero-order valence-electron chi connectivity index (χ0n) is 9.76. The van der Waals surface area contributed by atoms with Gasteiger partial charge in [-0.05, 0) is 18.2 Å². The van der Waals surface area contributed by atoms with Gasteiger partial charge in [0.05, 0.1) is 16.9 Å². The summed E-state index contributed by atoms with van der Waals surface area (Å²) in [5, 5.41) is 0.729. The van der Waals surface area contributed by atoms with Crippen LogP contribution in [-0.4, -0.2) is 24.6 Å². The van der Waals surface area contributed by atoms with E-state index in [4.69, 9.17) is 28.9 Å². The number of sulfone groups is 1. The third kappa shape index (κ3) is 2.97. The molecule has 0 unspecified atom stereocenters. The molecular formula is C11H9Cl2N3O2S. The minimum Gasteiger partial charge on any atom is -0.368 e. The van der Waals surface area contributed by atoms with Gasteiger partial charge in [-0.25, -0.2) is 18.4 Å². The van der Waals surface area contributed by atoms with E-state index in [0.717, 1.165) is 12.5 Å². The molecule has 0 saturated heterocycles. The molecule has 0 fully saturated rings. The van der Waals surface area contributed by atoms with Gasteiger partial charge in [-0.15, -0.1) is 0 Å². The molecule has 0 amide bonds. The smallest absolute Gasteiger partial charge is 0.220 e. The van der Waals surface area contributed by atoms with Gasteiger partial charge in [-0.3, -0.25) is 0 Å². The Labute approximate surface area is 120 Å². The quantitative estimate of drug-likeness (QED) is 0.919. The molecule has 1 heterocycles. The number of anilines is 1. The van der Waals surface area contributed by atoms with Crippen LogP contribution in [0.1, 0.15) is 0 Å². The lowest BCUT2D eigenvalue weighted by Gasteiger charge is -2.09. The summed E-state index contributed by atoms with van der Waals surface area (Å²) in [4.78, 5) is 7.62. The maximum atomic E-state index is 11.7. The first kappa shape index (κ1) is 14.0. The molecule has 1 aromatic heterocycles. The van der Waals surface area contributed by atoms with Crippen LogP contribution >= 0.6 is 23.2 Å². The van der Waals surface area contributed by atoms with Gasteiger partial charge in [0.2, 0.25) is 5.95 Å². The minimum atomic E-state index is -3.50. The molecule has 0 aliphatic rings. The predicted molar refractivity (Wildman–Crippen MR) is 75.0 cm³/mol. The van der Waals surface area contributed by atoms with Crippen LogP contribution in [0, 0.1) is 0 Å². The van der Waals surface area contributed by atoms with Gasteiger partial charge in [0.1, 0.15) is 4.90 Å². The minimum absolute atomic E-state index is 0.0339. The van der Waals surface area contributed by atoms with Gasteiger partial charge in [0.25, 0.3) is 0 Å². The fourth-order valence-corrected chi connectivity index (χ4v) is 2.78. The van der Waals surface area contributed by atoms with E-state index >= 15 is 0 Å². The van der Waals surface area contributed by atoms with Crippen molar-refractivity contribution in [1.82, 2.24) is 9.97 Å². The fourth-order valence-electron chi connectivity index (χ4n) is 1.53. The van der Waals surface area contributed by atoms with E-state index in [1.54, 1.807) is 12.1 Å². The fraction of sp³-hybridized carbons (Fsp3) is 0.0909. The van der Waals surface area contributed by atoms with E-state index in [1.165, 1.54) is 6.07 Å². The van der Waals surface area contributed by atoms with Crippen LogP contribution in [0.25, 0.3) is 11.3 Å². The van der Waals surface area contributed by atoms with Crippen LogP contribution in [0.15, 0.2) is 29.3 Å². The van der Waals surface area contributed by atoms with Gasteiger partial charge in [-0.2, -0.15) is 0 Å². The summed E-state index contributed by atoms with van der Waals surface area (Å²) in [5.41, 5.74) is 6.10. The summed E-state index contributed by atoms with van der Waals surface area (Å²) in [5.74, 6) is -0.0339. The Morgan fingerprint density at radius 1 is 1.26 bits per heavy atom. The van der Waals surface area contributed by atoms with Crippen molar-refractivity contribution in [3.05, 3.63) is 34.4 Å². The van der Waals surface area contributed by atoms with Crippen LogP contribution in [0.2, 0.25) is 10.0 Å². The molecule has 0 aliphatic heterocycles. The Hall–Kier alpha value is -1.37. The molecule has 0 bridgehead atoms. The molecule has 0 radical (unpaired) electrons. The number of halogens is 2. The average molecular weight is 318 g/mol. The number of benzene rings is 1. The molecule has 100 valence electrons. The number of nitrogens with two attached hydrogens (primary N) is 1. The highest BCUT2D eigenvalue weighted by Crippen LogP contribution is 2.33. The monoisotopic (exact) mass is 317 g/mol. The Morgan fingerprint density at radius 3 is 2.53 bits per heavy atom. The number of hydrogen-bond acceptors (Lipinski definition) is 5. The lowest BCUT2D eigenvalue weighted by atomic mass is 10.1. The number of nitrogens with zero attached hydrogens (tertiary/aromatic N) is 2. The first-order valence-electron chi connectivity index (χ1n) is 5.07. The number of aromatic nitrogens is 2. The van der Waals surface area contributed by atoms with Crippen LogP contribution < -0.4 is 5.73 Å². The second kappa shape index (κ2) is 4.96. The maximum absolute atomic E-state index is 11.7. The molecule has 0 atom stereocenters. The first-order valence-corrected chi connectivity index (χ1v) is 7.72. The standard InChI is InChI=1S/C11H9Cl2N3O2S/c1-19(17,18)9-5-15-11(14)16-10(9)7-3-2-6(12)4-8(7)13/h2-5H,1H3,(H2,14,15,16). The van der Waals surface area contributed by atoms with Gasteiger partial charge in [-0.1, -0.05) is 23.2 Å². The van der Waals surface area contributed by atoms with Crippen molar-refractivity contribution in [1.29, 1.82) is 0 Å². The summed E-state index contributed by atoms with van der Waals surface area (Å²) in [6, 6.07) is 4.68. The van der Waals surface area contributed by atoms with E-state index < -0.39 is 9.84 Å². The Bertz CT molecular complexity index is 748. The van der Waals surface area contributed by atoms with Gasteiger partial charge in [0.15, 0.2) is 9.84 Å². The molecule has 0 saturated carbocycles. The molecule has 2 N–H and O–H groups in total. The van der Waals surface area contributed by atoms with Crippen molar-refractivity contribution in [3.63, 3.8) is 0 Å². The van der Waals surface area contributed by atoms with Gasteiger partial charge < -0.3 is 5.73 Å². The first-order chi connectivity index (χ1) is 8.79. The normalized spacial score (nSPS) is 11.5. The topological polar surface area (TPSA) is 85.9 Å². The van der Waals surface area contributed by atoms with Crippen molar-refractivity contribution in [2.45, 2.75) is 4.90 Å². The summed E-state index contributed by atoms with van der Waals surface area (Å²) in [6.45, 7) is 0. The third-order valence-corrected chi connectivity index (χ3v) is 4.01. The van der Waals surface area contributed by atoms with Crippen molar-refractivity contribution in [2.75, 3.05) is 12.0 Å². The number of nitrogen functional groups attached to an aromatic ring is 1. The maximum Gasteiger partial charge on any atom is 0.220 e. The molecular weight excluding hydrogens is 309 g/mol. The van der Waals surface area contributed by atoms with Crippen molar-refractivity contribution >= 4 is 39.0 Å². The summed E-state index contributed by atoms with van der Waals surface area (Å²) < 4.78 is 23.5. The zero-order chi connectivity index (χ0) is 14.2. The van der Waals surface area contributed by atoms with E-state index in [0.29, 0.717) is 10.6 Å². The third-order valence-electron chi connectivity index (χ3n) is 2.36. The van der Waals surface area contributed by atoms with E-state index in [2.05, 4.69) is 9.97 Å². The molecule has 5 nitrogen and oxygen atoms in total. The van der Waals surface area contributed by atoms with Crippen LogP contribution in [-0.2, 0) is 9.84 Å². The lowest BCUT2D eigenvalue weighted by Crippen LogP contribution is -2.06. The van der Waals surface area contributed by atoms with E-state index in [9.17, 15) is 8.42 Å². The zero-order valence-corrected chi connectivity index (χ0v) is 12.1. The molecule has 0 aliphatic carbocycles. The lowest BCUT2D eigenvalue weighted by molar-refractivity contribution is 0.601. The second-order valence-corrected chi connectivity index (χ2v) is 6.67. The largest absolute Gasteiger partial charge is 0.368 e. The Kier molecular flexibility index (Phi) is 3.66. The van der Waals surface area contributed by atoms with Crippen molar-refractivity contribution < 1.29 is 8.42 Å². The highest BCUT2D eigenvalue weighted by Gasteiger charge is 2.19. The van der Waals surface area contributed by atoms with Crippen LogP contribution in [0.5, 0.6) is 0 Å². The highest BCUT2D eigenvalue weighted by atomic mass is 35.5. The average Bonchev–Trinajstić information content (AvgIpc) is 2.27. The van der Waals surface area contributed by atoms with Crippen LogP contribution in [0.4, 0.5) is 5.95 Å². The Morgan fingerprint density at radius 2 is 1.95 bits per heavy atom. The van der Waals surface area contributed by atoms with Gasteiger partial charge in [0, 0.05) is 16.8 Å². The van der Waals surface area contributed by atoms with Gasteiger partial charge >= 0.3 is 0 Å². The molecule has 19 heavy (non-hydrogen) atoms. The molecule has 1 aromatic carbocycles. The molecule has 8 heteroatoms. The van der Waals surface area contributed by atoms with E-state index in [-0.39, 0.29) is 21.6 Å². The predicted octanol–water partition coefficient (Wildman–Crippen LogP) is 2.44. The van der Waals surface area contributed by atoms with Crippen molar-refractivity contribution in [2.24, 2.45) is 0 Å². The van der Waals surface area contributed by atoms with Crippen LogP contribution in [0.3, 0.4) is 0 Å². The summed E-state index contributed by atoms with van der Waals surface area (Å²) >= 11 is 11.9. The van der Waals surface area contributed by atoms with Crippen molar-refractivity contribution in [3.8, 4) is 11.3 Å². The number of rotatable bonds is 2. The second-order valence-electron chi connectivity index (χ2n) is 3.84.